The highest BCUT2D eigenvalue weighted by Crippen LogP contribution is 2.24. The molecule has 1 unspecified atom stereocenters. The van der Waals surface area contributed by atoms with Gasteiger partial charge in [0.2, 0.25) is 0 Å². The Bertz CT molecular complexity index is 724. The minimum Gasteiger partial charge on any atom is -0.465 e. The second-order valence-corrected chi connectivity index (χ2v) is 7.98. The number of likely N-dealkylation sites (tertiary alicyclic amines) is 1. The number of aryl methyl sites for hydroxylation is 1. The van der Waals surface area contributed by atoms with E-state index in [4.69, 9.17) is 16.0 Å². The van der Waals surface area contributed by atoms with Gasteiger partial charge in [0.15, 0.2) is 0 Å². The highest BCUT2D eigenvalue weighted by Gasteiger charge is 2.28. The molecule has 2 aliphatic rings. The first-order chi connectivity index (χ1) is 12.7. The molecule has 2 saturated heterocycles. The molecule has 2 fully saturated rings. The smallest absolute Gasteiger partial charge is 0.118 e. The first kappa shape index (κ1) is 17.9. The lowest BCUT2D eigenvalue weighted by molar-refractivity contribution is 0.0848. The van der Waals surface area contributed by atoms with Gasteiger partial charge >= 0.3 is 0 Å². The Morgan fingerprint density at radius 2 is 1.92 bits per heavy atom. The lowest BCUT2D eigenvalue weighted by Gasteiger charge is -2.43. The van der Waals surface area contributed by atoms with Crippen molar-refractivity contribution in [1.82, 2.24) is 9.80 Å². The lowest BCUT2D eigenvalue weighted by Crippen LogP contribution is -2.55. The fourth-order valence-corrected chi connectivity index (χ4v) is 4.47. The summed E-state index contributed by atoms with van der Waals surface area (Å²) in [6, 6.07) is 13.1. The first-order valence-electron chi connectivity index (χ1n) is 9.69. The Morgan fingerprint density at radius 1 is 1.08 bits per heavy atom. The maximum absolute atomic E-state index is 6.15. The summed E-state index contributed by atoms with van der Waals surface area (Å²) in [5.41, 5.74) is 1.25. The summed E-state index contributed by atoms with van der Waals surface area (Å²) in [4.78, 5) is 7.69. The molecule has 0 bridgehead atoms. The highest BCUT2D eigenvalue weighted by atomic mass is 35.5. The van der Waals surface area contributed by atoms with Crippen LogP contribution in [-0.4, -0.2) is 55.1 Å². The van der Waals surface area contributed by atoms with Crippen LogP contribution < -0.4 is 4.90 Å². The zero-order valence-electron chi connectivity index (χ0n) is 15.5. The van der Waals surface area contributed by atoms with E-state index in [1.807, 2.05) is 19.1 Å². The number of halogens is 1. The molecular weight excluding hydrogens is 346 g/mol. The number of rotatable bonds is 4. The maximum atomic E-state index is 6.15. The van der Waals surface area contributed by atoms with E-state index in [-0.39, 0.29) is 0 Å². The van der Waals surface area contributed by atoms with Crippen LogP contribution >= 0.6 is 11.6 Å². The van der Waals surface area contributed by atoms with Crippen molar-refractivity contribution in [1.29, 1.82) is 0 Å². The molecule has 1 aromatic heterocycles. The van der Waals surface area contributed by atoms with Gasteiger partial charge in [-0.05, 0) is 56.6 Å². The van der Waals surface area contributed by atoms with Crippen LogP contribution in [-0.2, 0) is 6.54 Å². The molecule has 0 radical (unpaired) electrons. The Hall–Kier alpha value is -1.49. The van der Waals surface area contributed by atoms with Gasteiger partial charge in [0, 0.05) is 49.5 Å². The monoisotopic (exact) mass is 373 g/mol. The van der Waals surface area contributed by atoms with Crippen molar-refractivity contribution < 1.29 is 4.42 Å². The molecule has 0 N–H and O–H groups in total. The van der Waals surface area contributed by atoms with Crippen LogP contribution in [0.1, 0.15) is 24.4 Å². The van der Waals surface area contributed by atoms with Gasteiger partial charge < -0.3 is 9.32 Å². The lowest BCUT2D eigenvalue weighted by atomic mass is 10.0. The topological polar surface area (TPSA) is 22.9 Å². The number of benzene rings is 1. The highest BCUT2D eigenvalue weighted by molar-refractivity contribution is 6.30. The molecule has 140 valence electrons. The molecule has 4 nitrogen and oxygen atoms in total. The van der Waals surface area contributed by atoms with Crippen LogP contribution in [0.25, 0.3) is 0 Å². The zero-order valence-corrected chi connectivity index (χ0v) is 16.3. The number of hydrogen-bond donors (Lipinski definition) is 0. The Morgan fingerprint density at radius 3 is 2.65 bits per heavy atom. The van der Waals surface area contributed by atoms with Gasteiger partial charge in [-0.25, -0.2) is 0 Å². The van der Waals surface area contributed by atoms with E-state index in [1.165, 1.54) is 25.1 Å². The van der Waals surface area contributed by atoms with E-state index >= 15 is 0 Å². The van der Waals surface area contributed by atoms with Crippen molar-refractivity contribution in [3.8, 4) is 0 Å². The molecular formula is C21H28ClN3O. The third kappa shape index (κ3) is 4.25. The van der Waals surface area contributed by atoms with Crippen molar-refractivity contribution in [2.45, 2.75) is 32.4 Å². The summed E-state index contributed by atoms with van der Waals surface area (Å²) in [5, 5.41) is 0.820. The van der Waals surface area contributed by atoms with Gasteiger partial charge in [-0.2, -0.15) is 0 Å². The molecule has 0 spiro atoms. The van der Waals surface area contributed by atoms with Gasteiger partial charge in [0.05, 0.1) is 6.54 Å². The molecule has 0 amide bonds. The van der Waals surface area contributed by atoms with E-state index in [9.17, 15) is 0 Å². The molecule has 5 heteroatoms. The van der Waals surface area contributed by atoms with Crippen molar-refractivity contribution in [2.24, 2.45) is 0 Å². The average Bonchev–Trinajstić information content (AvgIpc) is 3.07. The standard InChI is InChI=1S/C21H28ClN3O/c1-17-7-8-21(26-17)16-23-9-3-6-20(15-23)25-12-10-24(11-13-25)19-5-2-4-18(22)14-19/h2,4-5,7-8,14,20H,3,6,9-13,15-16H2,1H3. The number of piperazine rings is 1. The second-order valence-electron chi connectivity index (χ2n) is 7.55. The molecule has 3 heterocycles. The largest absolute Gasteiger partial charge is 0.465 e. The maximum Gasteiger partial charge on any atom is 0.118 e. The zero-order chi connectivity index (χ0) is 17.9. The molecule has 2 aromatic rings. The first-order valence-corrected chi connectivity index (χ1v) is 10.1. The van der Waals surface area contributed by atoms with Crippen molar-refractivity contribution in [3.05, 3.63) is 52.9 Å². The van der Waals surface area contributed by atoms with Gasteiger partial charge in [-0.1, -0.05) is 17.7 Å². The summed E-state index contributed by atoms with van der Waals surface area (Å²) >= 11 is 6.15. The number of piperidine rings is 1. The molecule has 1 aromatic carbocycles. The summed E-state index contributed by atoms with van der Waals surface area (Å²) in [6.45, 7) is 9.70. The molecule has 2 aliphatic heterocycles. The van der Waals surface area contributed by atoms with Crippen LogP contribution in [0.2, 0.25) is 5.02 Å². The second kappa shape index (κ2) is 8.03. The van der Waals surface area contributed by atoms with Crippen LogP contribution in [0, 0.1) is 6.92 Å². The predicted octanol–water partition coefficient (Wildman–Crippen LogP) is 4.03. The van der Waals surface area contributed by atoms with Crippen molar-refractivity contribution in [2.75, 3.05) is 44.2 Å². The molecule has 26 heavy (non-hydrogen) atoms. The van der Waals surface area contributed by atoms with Crippen LogP contribution in [0.4, 0.5) is 5.69 Å². The fraction of sp³-hybridized carbons (Fsp3) is 0.524. The minimum atomic E-state index is 0.668. The minimum absolute atomic E-state index is 0.668. The van der Waals surface area contributed by atoms with Crippen LogP contribution in [0.5, 0.6) is 0 Å². The molecule has 4 rings (SSSR count). The van der Waals surface area contributed by atoms with E-state index in [1.54, 1.807) is 0 Å². The quantitative estimate of drug-likeness (QED) is 0.807. The Labute approximate surface area is 161 Å². The van der Waals surface area contributed by atoms with Crippen LogP contribution in [0.3, 0.4) is 0 Å². The predicted molar refractivity (Wildman–Crippen MR) is 107 cm³/mol. The van der Waals surface area contributed by atoms with Gasteiger partial charge in [0.1, 0.15) is 11.5 Å². The molecule has 0 aliphatic carbocycles. The van der Waals surface area contributed by atoms with E-state index < -0.39 is 0 Å². The van der Waals surface area contributed by atoms with Crippen LogP contribution in [0.15, 0.2) is 40.8 Å². The summed E-state index contributed by atoms with van der Waals surface area (Å²) in [6.07, 6.45) is 2.59. The summed E-state index contributed by atoms with van der Waals surface area (Å²) in [7, 11) is 0. The Kier molecular flexibility index (Phi) is 5.53. The van der Waals surface area contributed by atoms with Crippen molar-refractivity contribution >= 4 is 17.3 Å². The average molecular weight is 374 g/mol. The Balaban J connectivity index is 1.31. The third-order valence-corrected chi connectivity index (χ3v) is 5.90. The SMILES string of the molecule is Cc1ccc(CN2CCCC(N3CCN(c4cccc(Cl)c4)CC3)C2)o1. The fourth-order valence-electron chi connectivity index (χ4n) is 4.28. The normalized spacial score (nSPS) is 22.7. The number of nitrogens with zero attached hydrogens (tertiary/aromatic N) is 3. The van der Waals surface area contributed by atoms with Crippen molar-refractivity contribution in [3.63, 3.8) is 0 Å². The molecule has 1 atom stereocenters. The van der Waals surface area contributed by atoms with Gasteiger partial charge in [-0.3, -0.25) is 9.80 Å². The summed E-state index contributed by atoms with van der Waals surface area (Å²) in [5.74, 6) is 2.10. The number of hydrogen-bond acceptors (Lipinski definition) is 4. The van der Waals surface area contributed by atoms with Gasteiger partial charge in [-0.15, -0.1) is 0 Å². The van der Waals surface area contributed by atoms with E-state index in [0.717, 1.165) is 55.8 Å². The number of furan rings is 1. The summed E-state index contributed by atoms with van der Waals surface area (Å²) < 4.78 is 5.77. The number of anilines is 1. The third-order valence-electron chi connectivity index (χ3n) is 5.66. The molecule has 0 saturated carbocycles. The van der Waals surface area contributed by atoms with E-state index in [2.05, 4.69) is 39.0 Å². The van der Waals surface area contributed by atoms with E-state index in [0.29, 0.717) is 6.04 Å². The van der Waals surface area contributed by atoms with Gasteiger partial charge in [0.25, 0.3) is 0 Å².